The van der Waals surface area contributed by atoms with E-state index in [0.717, 1.165) is 24.9 Å². The molecule has 8 heteroatoms. The van der Waals surface area contributed by atoms with E-state index < -0.39 is 6.61 Å². The molecule has 0 heterocycles. The summed E-state index contributed by atoms with van der Waals surface area (Å²) in [4.78, 5) is 17.0. The van der Waals surface area contributed by atoms with Crippen molar-refractivity contribution in [1.29, 1.82) is 0 Å². The quantitative estimate of drug-likeness (QED) is 0.550. The highest BCUT2D eigenvalue weighted by Gasteiger charge is 2.12. The number of methoxy groups -OCH3 is 1. The Bertz CT molecular complexity index is 871. The van der Waals surface area contributed by atoms with Crippen LogP contribution in [0.4, 0.5) is 14.5 Å². The number of aryl methyl sites for hydroxylation is 2. The smallest absolute Gasteiger partial charge is 0.387 e. The van der Waals surface area contributed by atoms with Crippen molar-refractivity contribution in [3.63, 3.8) is 0 Å². The number of ether oxygens (including phenoxy) is 2. The van der Waals surface area contributed by atoms with E-state index in [0.29, 0.717) is 5.56 Å². The normalized spacial score (nSPS) is 12.9. The molecule has 28 heavy (non-hydrogen) atoms. The Balaban J connectivity index is 1.50. The number of benzene rings is 2. The van der Waals surface area contributed by atoms with Crippen LogP contribution in [0.1, 0.15) is 23.1 Å². The van der Waals surface area contributed by atoms with Gasteiger partial charge in [-0.25, -0.2) is 0 Å². The molecule has 0 spiro atoms. The van der Waals surface area contributed by atoms with Gasteiger partial charge in [-0.15, -0.1) is 0 Å². The molecule has 0 atom stereocenters. The molecule has 0 aliphatic heterocycles. The van der Waals surface area contributed by atoms with E-state index >= 15 is 0 Å². The van der Waals surface area contributed by atoms with E-state index in [9.17, 15) is 13.6 Å². The van der Waals surface area contributed by atoms with E-state index in [2.05, 4.69) is 15.2 Å². The Morgan fingerprint density at radius 2 is 2.00 bits per heavy atom. The topological polar surface area (TPSA) is 69.2 Å². The second-order valence-corrected chi connectivity index (χ2v) is 6.18. The van der Waals surface area contributed by atoms with Crippen LogP contribution < -0.4 is 14.8 Å². The molecule has 2 aromatic carbocycles. The first-order chi connectivity index (χ1) is 13.5. The van der Waals surface area contributed by atoms with Gasteiger partial charge >= 0.3 is 6.61 Å². The van der Waals surface area contributed by atoms with Crippen molar-refractivity contribution in [3.05, 3.63) is 53.1 Å². The fourth-order valence-electron chi connectivity index (χ4n) is 3.00. The van der Waals surface area contributed by atoms with Crippen molar-refractivity contribution in [2.75, 3.05) is 19.0 Å². The third kappa shape index (κ3) is 5.18. The first-order valence-corrected chi connectivity index (χ1v) is 8.75. The number of halogens is 2. The van der Waals surface area contributed by atoms with Crippen LogP contribution in [0.25, 0.3) is 0 Å². The van der Waals surface area contributed by atoms with Crippen LogP contribution in [0.15, 0.2) is 41.6 Å². The standard InChI is InChI=1S/C20H20F2N2O4/c1-26-18-9-13(5-8-17(18)28-20(21)22)11-23-27-12-19(25)24-16-7-6-14-3-2-4-15(14)10-16/h5-11,20H,2-4,12H2,1H3,(H,24,25)/b23-11+. The van der Waals surface area contributed by atoms with Gasteiger partial charge in [-0.05, 0) is 60.7 Å². The molecule has 0 bridgehead atoms. The van der Waals surface area contributed by atoms with Crippen molar-refractivity contribution in [2.45, 2.75) is 25.9 Å². The highest BCUT2D eigenvalue weighted by atomic mass is 19.3. The second-order valence-electron chi connectivity index (χ2n) is 6.18. The van der Waals surface area contributed by atoms with Crippen LogP contribution in [-0.4, -0.2) is 32.4 Å². The van der Waals surface area contributed by atoms with Crippen molar-refractivity contribution < 1.29 is 27.9 Å². The highest BCUT2D eigenvalue weighted by Crippen LogP contribution is 2.29. The van der Waals surface area contributed by atoms with Gasteiger partial charge in [0, 0.05) is 11.3 Å². The van der Waals surface area contributed by atoms with Crippen molar-refractivity contribution in [2.24, 2.45) is 5.16 Å². The molecule has 1 aliphatic rings. The molecule has 1 N–H and O–H groups in total. The predicted molar refractivity (Wildman–Crippen MR) is 100 cm³/mol. The van der Waals surface area contributed by atoms with Gasteiger partial charge in [0.15, 0.2) is 18.1 Å². The first kappa shape index (κ1) is 19.6. The van der Waals surface area contributed by atoms with Crippen molar-refractivity contribution in [3.8, 4) is 11.5 Å². The SMILES string of the molecule is COc1cc(/C=N/OCC(=O)Nc2ccc3c(c2)CCC3)ccc1OC(F)F. The van der Waals surface area contributed by atoms with Gasteiger partial charge < -0.3 is 19.6 Å². The number of anilines is 1. The fraction of sp³-hybridized carbons (Fsp3) is 0.300. The zero-order valence-electron chi connectivity index (χ0n) is 15.3. The third-order valence-corrected chi connectivity index (χ3v) is 4.26. The zero-order chi connectivity index (χ0) is 19.9. The minimum Gasteiger partial charge on any atom is -0.493 e. The molecule has 1 amide bonds. The molecule has 0 radical (unpaired) electrons. The summed E-state index contributed by atoms with van der Waals surface area (Å²) in [7, 11) is 1.34. The van der Waals surface area contributed by atoms with E-state index in [1.54, 1.807) is 0 Å². The van der Waals surface area contributed by atoms with E-state index in [4.69, 9.17) is 9.57 Å². The Labute approximate surface area is 161 Å². The monoisotopic (exact) mass is 390 g/mol. The van der Waals surface area contributed by atoms with E-state index in [1.807, 2.05) is 18.2 Å². The Hall–Kier alpha value is -3.16. The molecule has 3 rings (SSSR count). The van der Waals surface area contributed by atoms with Gasteiger partial charge in [-0.3, -0.25) is 4.79 Å². The molecule has 0 aromatic heterocycles. The number of amides is 1. The number of nitrogens with one attached hydrogen (secondary N) is 1. The van der Waals surface area contributed by atoms with Crippen LogP contribution in [0.2, 0.25) is 0 Å². The number of nitrogens with zero attached hydrogens (tertiary/aromatic N) is 1. The highest BCUT2D eigenvalue weighted by molar-refractivity contribution is 5.92. The molecular weight excluding hydrogens is 370 g/mol. The van der Waals surface area contributed by atoms with E-state index in [1.165, 1.54) is 42.7 Å². The summed E-state index contributed by atoms with van der Waals surface area (Å²) < 4.78 is 34.0. The molecular formula is C20H20F2N2O4. The number of oxime groups is 1. The van der Waals surface area contributed by atoms with E-state index in [-0.39, 0.29) is 24.0 Å². The Morgan fingerprint density at radius 3 is 2.79 bits per heavy atom. The lowest BCUT2D eigenvalue weighted by Crippen LogP contribution is -2.17. The number of hydrogen-bond donors (Lipinski definition) is 1. The summed E-state index contributed by atoms with van der Waals surface area (Å²) in [6, 6.07) is 10.2. The van der Waals surface area contributed by atoms with Crippen LogP contribution >= 0.6 is 0 Å². The van der Waals surface area contributed by atoms with Crippen molar-refractivity contribution in [1.82, 2.24) is 0 Å². The summed E-state index contributed by atoms with van der Waals surface area (Å²) in [5.41, 5.74) is 3.87. The molecule has 148 valence electrons. The molecule has 0 fully saturated rings. The maximum atomic E-state index is 12.3. The summed E-state index contributed by atoms with van der Waals surface area (Å²) in [6.45, 7) is -3.20. The van der Waals surface area contributed by atoms with Crippen molar-refractivity contribution >= 4 is 17.8 Å². The number of hydrogen-bond acceptors (Lipinski definition) is 5. The number of rotatable bonds is 8. The maximum Gasteiger partial charge on any atom is 0.387 e. The summed E-state index contributed by atoms with van der Waals surface area (Å²) in [5, 5.41) is 6.49. The Morgan fingerprint density at radius 1 is 1.18 bits per heavy atom. The summed E-state index contributed by atoms with van der Waals surface area (Å²) in [6.07, 6.45) is 4.60. The average molecular weight is 390 g/mol. The summed E-state index contributed by atoms with van der Waals surface area (Å²) in [5.74, 6) is -0.267. The molecule has 1 aliphatic carbocycles. The average Bonchev–Trinajstić information content (AvgIpc) is 3.13. The molecule has 2 aromatic rings. The lowest BCUT2D eigenvalue weighted by Gasteiger charge is -2.10. The fourth-order valence-corrected chi connectivity index (χ4v) is 3.00. The number of alkyl halides is 2. The van der Waals surface area contributed by atoms with Gasteiger partial charge in [0.05, 0.1) is 13.3 Å². The van der Waals surface area contributed by atoms with Gasteiger partial charge in [-0.1, -0.05) is 11.2 Å². The van der Waals surface area contributed by atoms with Crippen LogP contribution in [-0.2, 0) is 22.5 Å². The second kappa shape index (κ2) is 9.16. The molecule has 0 saturated heterocycles. The Kier molecular flexibility index (Phi) is 6.41. The minimum absolute atomic E-state index is 0.0794. The maximum absolute atomic E-state index is 12.3. The third-order valence-electron chi connectivity index (χ3n) is 4.26. The van der Waals surface area contributed by atoms with Gasteiger partial charge in [0.1, 0.15) is 0 Å². The zero-order valence-corrected chi connectivity index (χ0v) is 15.3. The molecule has 0 saturated carbocycles. The number of fused-ring (bicyclic) bond motifs is 1. The minimum atomic E-state index is -2.94. The van der Waals surface area contributed by atoms with Gasteiger partial charge in [-0.2, -0.15) is 8.78 Å². The summed E-state index contributed by atoms with van der Waals surface area (Å²) >= 11 is 0. The number of carbonyl (C=O) groups is 1. The predicted octanol–water partition coefficient (Wildman–Crippen LogP) is 3.77. The molecule has 0 unspecified atom stereocenters. The van der Waals surface area contributed by atoms with Crippen LogP contribution in [0.5, 0.6) is 11.5 Å². The first-order valence-electron chi connectivity index (χ1n) is 8.75. The molecule has 6 nitrogen and oxygen atoms in total. The lowest BCUT2D eigenvalue weighted by molar-refractivity contribution is -0.120. The van der Waals surface area contributed by atoms with Gasteiger partial charge in [0.25, 0.3) is 5.91 Å². The lowest BCUT2D eigenvalue weighted by atomic mass is 10.1. The number of carbonyl (C=O) groups excluding carboxylic acids is 1. The van der Waals surface area contributed by atoms with Crippen LogP contribution in [0, 0.1) is 0 Å². The van der Waals surface area contributed by atoms with Gasteiger partial charge in [0.2, 0.25) is 0 Å². The largest absolute Gasteiger partial charge is 0.493 e. The van der Waals surface area contributed by atoms with Crippen LogP contribution in [0.3, 0.4) is 0 Å².